The van der Waals surface area contributed by atoms with E-state index in [1.807, 2.05) is 0 Å². The van der Waals surface area contributed by atoms with Crippen LogP contribution in [0, 0.1) is 0 Å². The van der Waals surface area contributed by atoms with E-state index in [0.29, 0.717) is 10.6 Å². The van der Waals surface area contributed by atoms with E-state index in [4.69, 9.17) is 39.5 Å². The monoisotopic (exact) mass is 356 g/mol. The number of halogens is 3. The molecule has 0 spiro atoms. The highest BCUT2D eigenvalue weighted by molar-refractivity contribution is 6.43. The molecule has 2 aromatic carbocycles. The molecule has 0 heterocycles. The first-order chi connectivity index (χ1) is 10.4. The molecule has 0 aliphatic rings. The first-order valence-corrected chi connectivity index (χ1v) is 7.48. The lowest BCUT2D eigenvalue weighted by atomic mass is 10.1. The standard InChI is InChI=1S/C16H11Cl3O3/c1-9(15(20)10-4-2-5-11(17)8-10)22-16(21)12-6-3-7-13(18)14(12)19/h2-9H,1H3/t9-/m1/s1. The minimum absolute atomic E-state index is 0.0940. The Bertz CT molecular complexity index is 728. The minimum Gasteiger partial charge on any atom is -0.451 e. The van der Waals surface area contributed by atoms with Gasteiger partial charge in [-0.2, -0.15) is 0 Å². The Kier molecular flexibility index (Phi) is 5.46. The zero-order valence-electron chi connectivity index (χ0n) is 11.5. The van der Waals surface area contributed by atoms with Gasteiger partial charge in [-0.15, -0.1) is 0 Å². The third kappa shape index (κ3) is 3.80. The van der Waals surface area contributed by atoms with Crippen molar-refractivity contribution in [2.24, 2.45) is 0 Å². The molecule has 0 aliphatic heterocycles. The summed E-state index contributed by atoms with van der Waals surface area (Å²) in [6, 6.07) is 11.0. The number of benzene rings is 2. The summed E-state index contributed by atoms with van der Waals surface area (Å²) in [5.74, 6) is -1.07. The summed E-state index contributed by atoms with van der Waals surface area (Å²) in [6.07, 6.45) is -0.971. The summed E-state index contributed by atoms with van der Waals surface area (Å²) in [5.41, 5.74) is 0.477. The van der Waals surface area contributed by atoms with Gasteiger partial charge in [-0.1, -0.05) is 53.0 Å². The average molecular weight is 358 g/mol. The SMILES string of the molecule is C[C@@H](OC(=O)c1cccc(Cl)c1Cl)C(=O)c1cccc(Cl)c1. The van der Waals surface area contributed by atoms with E-state index >= 15 is 0 Å². The Morgan fingerprint density at radius 1 is 1.05 bits per heavy atom. The van der Waals surface area contributed by atoms with E-state index in [-0.39, 0.29) is 21.4 Å². The van der Waals surface area contributed by atoms with Gasteiger partial charge < -0.3 is 4.74 Å². The van der Waals surface area contributed by atoms with Crippen molar-refractivity contribution in [3.8, 4) is 0 Å². The lowest BCUT2D eigenvalue weighted by Crippen LogP contribution is -2.24. The molecule has 0 saturated carbocycles. The number of ketones is 1. The topological polar surface area (TPSA) is 43.4 Å². The minimum atomic E-state index is -0.971. The maximum absolute atomic E-state index is 12.2. The van der Waals surface area contributed by atoms with Gasteiger partial charge in [0.2, 0.25) is 5.78 Å². The molecule has 0 amide bonds. The summed E-state index contributed by atoms with van der Waals surface area (Å²) in [6.45, 7) is 1.49. The van der Waals surface area contributed by atoms with Gasteiger partial charge in [0, 0.05) is 10.6 Å². The molecule has 0 bridgehead atoms. The van der Waals surface area contributed by atoms with Crippen LogP contribution in [0.3, 0.4) is 0 Å². The van der Waals surface area contributed by atoms with Gasteiger partial charge in [0.15, 0.2) is 6.10 Å². The maximum atomic E-state index is 12.2. The van der Waals surface area contributed by atoms with Gasteiger partial charge in [-0.05, 0) is 31.2 Å². The molecule has 22 heavy (non-hydrogen) atoms. The smallest absolute Gasteiger partial charge is 0.340 e. The lowest BCUT2D eigenvalue weighted by Gasteiger charge is -2.13. The third-order valence-corrected chi connectivity index (χ3v) is 3.99. The van der Waals surface area contributed by atoms with Crippen LogP contribution in [0.2, 0.25) is 15.1 Å². The van der Waals surface area contributed by atoms with E-state index in [0.717, 1.165) is 0 Å². The summed E-state index contributed by atoms with van der Waals surface area (Å²) < 4.78 is 5.15. The molecule has 0 aliphatic carbocycles. The Morgan fingerprint density at radius 2 is 1.73 bits per heavy atom. The second-order valence-electron chi connectivity index (χ2n) is 4.52. The molecule has 0 saturated heterocycles. The number of hydrogen-bond donors (Lipinski definition) is 0. The van der Waals surface area contributed by atoms with Crippen LogP contribution in [-0.4, -0.2) is 17.9 Å². The predicted molar refractivity (Wildman–Crippen MR) is 87.1 cm³/mol. The van der Waals surface area contributed by atoms with E-state index in [1.54, 1.807) is 30.3 Å². The van der Waals surface area contributed by atoms with Crippen LogP contribution in [0.5, 0.6) is 0 Å². The Labute approximate surface area is 142 Å². The van der Waals surface area contributed by atoms with Gasteiger partial charge in [-0.25, -0.2) is 4.79 Å². The number of rotatable bonds is 4. The first-order valence-electron chi connectivity index (χ1n) is 6.35. The van der Waals surface area contributed by atoms with Gasteiger partial charge >= 0.3 is 5.97 Å². The molecule has 1 atom stereocenters. The highest BCUT2D eigenvalue weighted by Crippen LogP contribution is 2.26. The second kappa shape index (κ2) is 7.14. The summed E-state index contributed by atoms with van der Waals surface area (Å²) in [4.78, 5) is 24.3. The van der Waals surface area contributed by atoms with Crippen molar-refractivity contribution in [2.75, 3.05) is 0 Å². The maximum Gasteiger partial charge on any atom is 0.340 e. The molecular weight excluding hydrogens is 347 g/mol. The molecule has 0 aromatic heterocycles. The van der Waals surface area contributed by atoms with Gasteiger partial charge in [0.05, 0.1) is 15.6 Å². The fourth-order valence-electron chi connectivity index (χ4n) is 1.82. The summed E-state index contributed by atoms with van der Waals surface area (Å²) >= 11 is 17.6. The number of hydrogen-bond acceptors (Lipinski definition) is 3. The highest BCUT2D eigenvalue weighted by atomic mass is 35.5. The quantitative estimate of drug-likeness (QED) is 0.566. The molecule has 114 valence electrons. The number of Topliss-reactive ketones (excluding diaryl/α,β-unsaturated/α-hetero) is 1. The molecule has 0 radical (unpaired) electrons. The molecule has 3 nitrogen and oxygen atoms in total. The fourth-order valence-corrected chi connectivity index (χ4v) is 2.38. The van der Waals surface area contributed by atoms with E-state index in [9.17, 15) is 9.59 Å². The van der Waals surface area contributed by atoms with Crippen LogP contribution >= 0.6 is 34.8 Å². The normalized spacial score (nSPS) is 11.8. The van der Waals surface area contributed by atoms with Crippen LogP contribution in [0.15, 0.2) is 42.5 Å². The number of ether oxygens (including phenoxy) is 1. The number of carbonyl (C=O) groups excluding carboxylic acids is 2. The van der Waals surface area contributed by atoms with Crippen molar-refractivity contribution >= 4 is 46.6 Å². The van der Waals surface area contributed by atoms with Crippen LogP contribution in [0.4, 0.5) is 0 Å². The average Bonchev–Trinajstić information content (AvgIpc) is 2.49. The molecule has 2 rings (SSSR count). The van der Waals surface area contributed by atoms with E-state index < -0.39 is 12.1 Å². The zero-order chi connectivity index (χ0) is 16.3. The van der Waals surface area contributed by atoms with Crippen molar-refractivity contribution in [1.29, 1.82) is 0 Å². The zero-order valence-corrected chi connectivity index (χ0v) is 13.7. The lowest BCUT2D eigenvalue weighted by molar-refractivity contribution is 0.0319. The Morgan fingerprint density at radius 3 is 2.41 bits per heavy atom. The molecule has 6 heteroatoms. The van der Waals surface area contributed by atoms with Gasteiger partial charge in [-0.3, -0.25) is 4.79 Å². The number of carbonyl (C=O) groups is 2. The predicted octanol–water partition coefficient (Wildman–Crippen LogP) is 5.08. The molecular formula is C16H11Cl3O3. The van der Waals surface area contributed by atoms with Gasteiger partial charge in [0.1, 0.15) is 0 Å². The first kappa shape index (κ1) is 16.8. The van der Waals surface area contributed by atoms with Crippen LogP contribution < -0.4 is 0 Å². The van der Waals surface area contributed by atoms with Gasteiger partial charge in [0.25, 0.3) is 0 Å². The second-order valence-corrected chi connectivity index (χ2v) is 5.75. The third-order valence-electron chi connectivity index (χ3n) is 2.93. The molecule has 2 aromatic rings. The Hall–Kier alpha value is -1.55. The fraction of sp³-hybridized carbons (Fsp3) is 0.125. The van der Waals surface area contributed by atoms with Crippen molar-refractivity contribution < 1.29 is 14.3 Å². The van der Waals surface area contributed by atoms with Crippen LogP contribution in [-0.2, 0) is 4.74 Å². The van der Waals surface area contributed by atoms with E-state index in [1.165, 1.54) is 19.1 Å². The van der Waals surface area contributed by atoms with Crippen molar-refractivity contribution in [3.63, 3.8) is 0 Å². The number of esters is 1. The summed E-state index contributed by atoms with van der Waals surface area (Å²) in [5, 5.41) is 0.767. The largest absolute Gasteiger partial charge is 0.451 e. The summed E-state index contributed by atoms with van der Waals surface area (Å²) in [7, 11) is 0. The highest BCUT2D eigenvalue weighted by Gasteiger charge is 2.22. The van der Waals surface area contributed by atoms with E-state index in [2.05, 4.69) is 0 Å². The van der Waals surface area contributed by atoms with Crippen LogP contribution in [0.25, 0.3) is 0 Å². The van der Waals surface area contributed by atoms with Crippen molar-refractivity contribution in [1.82, 2.24) is 0 Å². The van der Waals surface area contributed by atoms with Crippen molar-refractivity contribution in [2.45, 2.75) is 13.0 Å². The Balaban J connectivity index is 2.14. The van der Waals surface area contributed by atoms with Crippen molar-refractivity contribution in [3.05, 3.63) is 68.7 Å². The molecule has 0 N–H and O–H groups in total. The molecule has 0 fully saturated rings. The molecule has 0 unspecified atom stereocenters. The van der Waals surface area contributed by atoms with Crippen LogP contribution in [0.1, 0.15) is 27.6 Å².